The minimum absolute atomic E-state index is 0. The van der Waals surface area contributed by atoms with E-state index in [9.17, 15) is 23.2 Å². The van der Waals surface area contributed by atoms with Gasteiger partial charge in [0.05, 0.1) is 25.5 Å². The van der Waals surface area contributed by atoms with Crippen LogP contribution in [0.25, 0.3) is 12.2 Å². The second kappa shape index (κ2) is 27.1. The van der Waals surface area contributed by atoms with E-state index in [4.69, 9.17) is 43.1 Å². The molecule has 0 saturated carbocycles. The van der Waals surface area contributed by atoms with Crippen LogP contribution in [0.3, 0.4) is 0 Å². The molecule has 0 bridgehead atoms. The van der Waals surface area contributed by atoms with Gasteiger partial charge in [-0.3, -0.25) is 24.7 Å². The van der Waals surface area contributed by atoms with Crippen LogP contribution in [0, 0.1) is 11.6 Å². The number of ether oxygens (including phenoxy) is 3. The average molecular weight is 997 g/mol. The SMILES string of the molecule is C.CC(C)(C)OC(=O)Nc1ccccc1CC(=O)/C=C/c1cn[nH]c1.Fc1cc(Cl)cc(OCCBr)c1.Nc1ccccc1CC(=O)/C=C/c1cnn(CCOc2cc(F)cc(Cl)c2)c1. The monoisotopic (exact) mass is 994 g/mol. The van der Waals surface area contributed by atoms with Gasteiger partial charge >= 0.3 is 6.09 Å². The van der Waals surface area contributed by atoms with E-state index < -0.39 is 17.5 Å². The van der Waals surface area contributed by atoms with Crippen LogP contribution in [-0.2, 0) is 33.7 Å². The van der Waals surface area contributed by atoms with Crippen molar-refractivity contribution in [2.24, 2.45) is 0 Å². The number of nitrogen functional groups attached to an aromatic ring is 1. The molecule has 0 fully saturated rings. The number of amides is 1. The number of nitrogens with one attached hydrogen (secondary N) is 2. The van der Waals surface area contributed by atoms with E-state index in [1.807, 2.05) is 24.3 Å². The van der Waals surface area contributed by atoms with Crippen molar-refractivity contribution < 1.29 is 37.4 Å². The summed E-state index contributed by atoms with van der Waals surface area (Å²) in [6, 6.07) is 22.6. The molecule has 2 aromatic heterocycles. The van der Waals surface area contributed by atoms with Gasteiger partial charge in [-0.15, -0.1) is 0 Å². The predicted molar refractivity (Wildman–Crippen MR) is 258 cm³/mol. The second-order valence-corrected chi connectivity index (χ2v) is 16.3. The first-order chi connectivity index (χ1) is 30.5. The van der Waals surface area contributed by atoms with E-state index in [2.05, 4.69) is 36.5 Å². The molecule has 0 saturated heterocycles. The number of alkyl halides is 1. The molecule has 344 valence electrons. The van der Waals surface area contributed by atoms with E-state index >= 15 is 0 Å². The lowest BCUT2D eigenvalue weighted by Crippen LogP contribution is -2.27. The largest absolute Gasteiger partial charge is 0.493 e. The molecular weight excluding hydrogens is 945 g/mol. The average Bonchev–Trinajstić information content (AvgIpc) is 3.92. The Bertz CT molecular complexity index is 2470. The van der Waals surface area contributed by atoms with Gasteiger partial charge in [0.2, 0.25) is 0 Å². The van der Waals surface area contributed by atoms with Gasteiger partial charge in [-0.2, -0.15) is 10.2 Å². The predicted octanol–water partition coefficient (Wildman–Crippen LogP) is 11.6. The lowest BCUT2D eigenvalue weighted by atomic mass is 10.1. The molecule has 0 radical (unpaired) electrons. The highest BCUT2D eigenvalue weighted by atomic mass is 79.9. The van der Waals surface area contributed by atoms with Crippen LogP contribution in [0.15, 0.2) is 122 Å². The summed E-state index contributed by atoms with van der Waals surface area (Å²) in [5.74, 6) is -0.128. The summed E-state index contributed by atoms with van der Waals surface area (Å²) in [5, 5.41) is 14.7. The number of para-hydroxylation sites is 2. The summed E-state index contributed by atoms with van der Waals surface area (Å²) in [7, 11) is 0. The molecule has 0 spiro atoms. The minimum Gasteiger partial charge on any atom is -0.493 e. The third-order valence-corrected chi connectivity index (χ3v) is 8.90. The molecule has 4 aromatic carbocycles. The molecule has 0 aliphatic rings. The van der Waals surface area contributed by atoms with Gasteiger partial charge in [0, 0.05) is 75.2 Å². The number of ketones is 2. The molecule has 0 aliphatic heterocycles. The molecular formula is C48H51BrCl2F2N6O6. The zero-order valence-corrected chi connectivity index (χ0v) is 38.3. The number of halogens is 5. The lowest BCUT2D eigenvalue weighted by Gasteiger charge is -2.20. The Kier molecular flexibility index (Phi) is 22.1. The molecule has 0 atom stereocenters. The van der Waals surface area contributed by atoms with Gasteiger partial charge in [0.1, 0.15) is 35.3 Å². The van der Waals surface area contributed by atoms with Gasteiger partial charge < -0.3 is 19.9 Å². The Morgan fingerprint density at radius 3 is 1.95 bits per heavy atom. The van der Waals surface area contributed by atoms with Crippen molar-refractivity contribution in [2.75, 3.05) is 29.6 Å². The number of nitrogens with two attached hydrogens (primary N) is 1. The highest BCUT2D eigenvalue weighted by molar-refractivity contribution is 9.09. The molecule has 6 rings (SSSR count). The molecule has 17 heteroatoms. The number of carbonyl (C=O) groups excluding carboxylic acids is 3. The number of carbonyl (C=O) groups is 3. The maximum absolute atomic E-state index is 13.3. The van der Waals surface area contributed by atoms with E-state index in [-0.39, 0.29) is 42.7 Å². The number of hydrogen-bond acceptors (Lipinski definition) is 9. The number of aromatic amines is 1. The highest BCUT2D eigenvalue weighted by Gasteiger charge is 2.17. The van der Waals surface area contributed by atoms with Gasteiger partial charge in [-0.25, -0.2) is 13.6 Å². The third-order valence-electron chi connectivity index (χ3n) is 8.14. The second-order valence-electron chi connectivity index (χ2n) is 14.6. The standard InChI is InChI=1S/C21H19ClFN3O2.C18H21N3O3.C8H7BrClFO.CH4/c22-17-10-18(23)12-20(11-17)28-8-7-26-14-15(13-25-26)5-6-19(27)9-16-3-1-2-4-21(16)24;1-18(2,3)24-17(23)21-16-7-5-4-6-14(16)10-15(22)9-8-13-11-19-20-12-13;9-1-2-12-8-4-6(10)3-7(11)5-8;/h1-6,10-14H,7-9,24H2;4-9,11-12H,10H2,1-3H3,(H,19,20)(H,21,23);3-5H,1-2H2;1H4/b6-5+;9-8+;;. The van der Waals surface area contributed by atoms with Crippen molar-refractivity contribution in [3.05, 3.63) is 166 Å². The minimum atomic E-state index is -0.581. The van der Waals surface area contributed by atoms with Crippen molar-refractivity contribution >= 4 is 80.3 Å². The molecule has 4 N–H and O–H groups in total. The van der Waals surface area contributed by atoms with Crippen LogP contribution >= 0.6 is 39.1 Å². The van der Waals surface area contributed by atoms with Gasteiger partial charge in [0.25, 0.3) is 0 Å². The van der Waals surface area contributed by atoms with Crippen LogP contribution in [0.4, 0.5) is 25.0 Å². The zero-order valence-electron chi connectivity index (χ0n) is 35.2. The van der Waals surface area contributed by atoms with Gasteiger partial charge in [-0.05, 0) is 92.6 Å². The summed E-state index contributed by atoms with van der Waals surface area (Å²) in [5.41, 5.74) is 9.60. The number of nitrogens with zero attached hydrogens (tertiary/aromatic N) is 3. The normalized spacial score (nSPS) is 10.8. The van der Waals surface area contributed by atoms with Crippen molar-refractivity contribution in [3.63, 3.8) is 0 Å². The Balaban J connectivity index is 0.000000276. The summed E-state index contributed by atoms with van der Waals surface area (Å²) in [4.78, 5) is 36.1. The number of allylic oxidation sites excluding steroid dienone is 2. The number of aromatic nitrogens is 4. The molecule has 12 nitrogen and oxygen atoms in total. The van der Waals surface area contributed by atoms with E-state index in [1.54, 1.807) is 98.8 Å². The van der Waals surface area contributed by atoms with Gasteiger partial charge in [0.15, 0.2) is 11.6 Å². The fraction of sp³-hybridized carbons (Fsp3) is 0.229. The van der Waals surface area contributed by atoms with Crippen LogP contribution < -0.4 is 20.5 Å². The summed E-state index contributed by atoms with van der Waals surface area (Å²) < 4.78 is 43.5. The third kappa shape index (κ3) is 20.8. The topological polar surface area (TPSA) is 163 Å². The van der Waals surface area contributed by atoms with Crippen LogP contribution in [0.1, 0.15) is 50.5 Å². The maximum Gasteiger partial charge on any atom is 0.412 e. The summed E-state index contributed by atoms with van der Waals surface area (Å²) in [6.07, 6.45) is 13.1. The Morgan fingerprint density at radius 1 is 0.815 bits per heavy atom. The lowest BCUT2D eigenvalue weighted by molar-refractivity contribution is -0.114. The zero-order chi connectivity index (χ0) is 46.5. The first-order valence-corrected chi connectivity index (χ1v) is 21.5. The maximum atomic E-state index is 13.3. The van der Waals surface area contributed by atoms with E-state index in [1.165, 1.54) is 36.4 Å². The van der Waals surface area contributed by atoms with E-state index in [0.29, 0.717) is 53.0 Å². The van der Waals surface area contributed by atoms with Crippen molar-refractivity contribution in [1.29, 1.82) is 0 Å². The number of rotatable bonds is 16. The fourth-order valence-corrected chi connectivity index (χ4v) is 5.94. The van der Waals surface area contributed by atoms with Crippen LogP contribution in [0.5, 0.6) is 11.5 Å². The van der Waals surface area contributed by atoms with Crippen LogP contribution in [-0.4, -0.2) is 61.8 Å². The molecule has 2 heterocycles. The molecule has 1 amide bonds. The summed E-state index contributed by atoms with van der Waals surface area (Å²) >= 11 is 14.6. The van der Waals surface area contributed by atoms with Crippen LogP contribution in [0.2, 0.25) is 10.0 Å². The van der Waals surface area contributed by atoms with Crippen molar-refractivity contribution in [3.8, 4) is 11.5 Å². The van der Waals surface area contributed by atoms with E-state index in [0.717, 1.165) is 22.3 Å². The van der Waals surface area contributed by atoms with Gasteiger partial charge in [-0.1, -0.05) is 83.0 Å². The summed E-state index contributed by atoms with van der Waals surface area (Å²) in [6.45, 7) is 6.65. The number of benzene rings is 4. The quantitative estimate of drug-likeness (QED) is 0.0486. The smallest absolute Gasteiger partial charge is 0.412 e. The first kappa shape index (κ1) is 53.1. The molecule has 0 unspecified atom stereocenters. The Hall–Kier alpha value is -6.29. The molecule has 6 aromatic rings. The first-order valence-electron chi connectivity index (χ1n) is 19.6. The van der Waals surface area contributed by atoms with Crippen molar-refractivity contribution in [1.82, 2.24) is 20.0 Å². The molecule has 65 heavy (non-hydrogen) atoms. The number of H-pyrrole nitrogens is 1. The number of anilines is 2. The number of hydrogen-bond donors (Lipinski definition) is 3. The Labute approximate surface area is 395 Å². The molecule has 0 aliphatic carbocycles. The Morgan fingerprint density at radius 2 is 1.38 bits per heavy atom. The fourth-order valence-electron chi connectivity index (χ4n) is 5.35. The highest BCUT2D eigenvalue weighted by Crippen LogP contribution is 2.22. The van der Waals surface area contributed by atoms with Crippen molar-refractivity contribution in [2.45, 2.75) is 53.2 Å².